The third-order valence-corrected chi connectivity index (χ3v) is 8.44. The summed E-state index contributed by atoms with van der Waals surface area (Å²) in [5, 5.41) is 0. The van der Waals surface area contributed by atoms with E-state index in [1.165, 1.54) is 24.3 Å². The van der Waals surface area contributed by atoms with Crippen molar-refractivity contribution in [2.75, 3.05) is 50.0 Å². The summed E-state index contributed by atoms with van der Waals surface area (Å²) < 4.78 is 54.1. The fraction of sp³-hybridized carbons (Fsp3) is 0.226. The van der Waals surface area contributed by atoms with Gasteiger partial charge in [0.05, 0.1) is 24.8 Å². The molecule has 1 fully saturated rings. The molecule has 208 valence electrons. The minimum absolute atomic E-state index is 0.0706. The van der Waals surface area contributed by atoms with Crippen molar-refractivity contribution in [3.63, 3.8) is 0 Å². The van der Waals surface area contributed by atoms with Crippen LogP contribution in [0.4, 0.5) is 15.8 Å². The summed E-state index contributed by atoms with van der Waals surface area (Å²) in [6, 6.07) is 26.8. The lowest BCUT2D eigenvalue weighted by Crippen LogP contribution is -2.46. The van der Waals surface area contributed by atoms with Crippen LogP contribution in [0, 0.1) is 5.82 Å². The number of methoxy groups -OCH3 is 2. The molecule has 1 aliphatic heterocycles. The average molecular weight is 562 g/mol. The van der Waals surface area contributed by atoms with Crippen molar-refractivity contribution in [2.24, 2.45) is 0 Å². The van der Waals surface area contributed by atoms with Gasteiger partial charge in [-0.05, 0) is 59.2 Å². The Morgan fingerprint density at radius 2 is 1.45 bits per heavy atom. The zero-order chi connectivity index (χ0) is 28.1. The standard InChI is InChI=1S/C31H32FN3O4S/c1-38-30-15-8-23(20-31(30)39-2)22-34-16-18-35(19-17-34)26-11-14-29(28(32)21-26)33-40(36,37)27-12-9-25(10-13-27)24-6-4-3-5-7-24/h3-15,20-21,33H,16-19,22H2,1-2H3. The topological polar surface area (TPSA) is 71.1 Å². The highest BCUT2D eigenvalue weighted by molar-refractivity contribution is 7.92. The van der Waals surface area contributed by atoms with Crippen molar-refractivity contribution in [3.05, 3.63) is 102 Å². The van der Waals surface area contributed by atoms with E-state index in [0.29, 0.717) is 11.5 Å². The van der Waals surface area contributed by atoms with E-state index in [-0.39, 0.29) is 10.6 Å². The first-order chi connectivity index (χ1) is 19.4. The highest BCUT2D eigenvalue weighted by atomic mass is 32.2. The van der Waals surface area contributed by atoms with Gasteiger partial charge in [-0.3, -0.25) is 9.62 Å². The van der Waals surface area contributed by atoms with Crippen LogP contribution in [0.1, 0.15) is 5.56 Å². The van der Waals surface area contributed by atoms with E-state index in [0.717, 1.165) is 55.1 Å². The highest BCUT2D eigenvalue weighted by Gasteiger charge is 2.21. The number of halogens is 1. The number of nitrogens with zero attached hydrogens (tertiary/aromatic N) is 2. The summed E-state index contributed by atoms with van der Waals surface area (Å²) in [4.78, 5) is 4.51. The van der Waals surface area contributed by atoms with Crippen molar-refractivity contribution in [1.82, 2.24) is 4.90 Å². The summed E-state index contributed by atoms with van der Waals surface area (Å²) in [7, 11) is -0.705. The van der Waals surface area contributed by atoms with Crippen LogP contribution in [0.2, 0.25) is 0 Å². The zero-order valence-corrected chi connectivity index (χ0v) is 23.3. The second-order valence-corrected chi connectivity index (χ2v) is 11.3. The Hall–Kier alpha value is -4.08. The molecule has 0 bridgehead atoms. The van der Waals surface area contributed by atoms with E-state index in [1.807, 2.05) is 48.5 Å². The molecule has 0 saturated carbocycles. The molecule has 0 atom stereocenters. The van der Waals surface area contributed by atoms with E-state index in [1.54, 1.807) is 32.4 Å². The second-order valence-electron chi connectivity index (χ2n) is 9.61. The number of anilines is 2. The van der Waals surface area contributed by atoms with Gasteiger partial charge in [0, 0.05) is 38.4 Å². The number of hydrogen-bond acceptors (Lipinski definition) is 6. The number of ether oxygens (including phenoxy) is 2. The fourth-order valence-corrected chi connectivity index (χ4v) is 5.91. The van der Waals surface area contributed by atoms with Crippen LogP contribution in [0.25, 0.3) is 11.1 Å². The first-order valence-corrected chi connectivity index (χ1v) is 14.5. The molecule has 9 heteroatoms. The third-order valence-electron chi connectivity index (χ3n) is 7.06. The summed E-state index contributed by atoms with van der Waals surface area (Å²) in [5.74, 6) is 0.786. The monoisotopic (exact) mass is 561 g/mol. The maximum absolute atomic E-state index is 15.0. The van der Waals surface area contributed by atoms with Crippen LogP contribution < -0.4 is 19.1 Å². The number of sulfonamides is 1. The molecule has 0 aromatic heterocycles. The van der Waals surface area contributed by atoms with Gasteiger partial charge in [-0.25, -0.2) is 12.8 Å². The maximum Gasteiger partial charge on any atom is 0.261 e. The Bertz CT molecular complexity index is 1560. The second kappa shape index (κ2) is 12.0. The summed E-state index contributed by atoms with van der Waals surface area (Å²) >= 11 is 0. The molecule has 0 radical (unpaired) electrons. The first kappa shape index (κ1) is 27.5. The molecular formula is C31H32FN3O4S. The number of piperazine rings is 1. The van der Waals surface area contributed by atoms with E-state index in [9.17, 15) is 8.42 Å². The lowest BCUT2D eigenvalue weighted by Gasteiger charge is -2.36. The van der Waals surface area contributed by atoms with Gasteiger partial charge in [-0.15, -0.1) is 0 Å². The Morgan fingerprint density at radius 3 is 2.10 bits per heavy atom. The molecular weight excluding hydrogens is 529 g/mol. The van der Waals surface area contributed by atoms with Gasteiger partial charge in [0.2, 0.25) is 0 Å². The van der Waals surface area contributed by atoms with Crippen LogP contribution in [0.15, 0.2) is 95.9 Å². The van der Waals surface area contributed by atoms with Gasteiger partial charge < -0.3 is 14.4 Å². The van der Waals surface area contributed by atoms with Crippen LogP contribution in [-0.4, -0.2) is 53.7 Å². The van der Waals surface area contributed by atoms with Gasteiger partial charge in [-0.1, -0.05) is 48.5 Å². The number of benzene rings is 4. The van der Waals surface area contributed by atoms with Crippen molar-refractivity contribution < 1.29 is 22.3 Å². The molecule has 7 nitrogen and oxygen atoms in total. The first-order valence-electron chi connectivity index (χ1n) is 13.0. The van der Waals surface area contributed by atoms with Crippen LogP contribution in [-0.2, 0) is 16.6 Å². The summed E-state index contributed by atoms with van der Waals surface area (Å²) in [6.07, 6.45) is 0. The predicted molar refractivity (Wildman–Crippen MR) is 156 cm³/mol. The largest absolute Gasteiger partial charge is 0.493 e. The Morgan fingerprint density at radius 1 is 0.775 bits per heavy atom. The predicted octanol–water partition coefficient (Wildman–Crippen LogP) is 5.63. The van der Waals surface area contributed by atoms with E-state index < -0.39 is 15.8 Å². The summed E-state index contributed by atoms with van der Waals surface area (Å²) in [5.41, 5.74) is 3.66. The van der Waals surface area contributed by atoms with E-state index >= 15 is 4.39 Å². The Labute approximate surface area is 234 Å². The molecule has 4 aromatic rings. The quantitative estimate of drug-likeness (QED) is 0.286. The molecule has 0 unspecified atom stereocenters. The molecule has 4 aromatic carbocycles. The van der Waals surface area contributed by atoms with Crippen LogP contribution >= 0.6 is 0 Å². The lowest BCUT2D eigenvalue weighted by molar-refractivity contribution is 0.249. The normalized spacial score (nSPS) is 14.1. The van der Waals surface area contributed by atoms with Crippen molar-refractivity contribution in [1.29, 1.82) is 0 Å². The van der Waals surface area contributed by atoms with Gasteiger partial charge in [0.15, 0.2) is 11.5 Å². The third kappa shape index (κ3) is 6.21. The molecule has 0 aliphatic carbocycles. The molecule has 1 saturated heterocycles. The van der Waals surface area contributed by atoms with Crippen molar-refractivity contribution in [2.45, 2.75) is 11.4 Å². The van der Waals surface area contributed by atoms with E-state index in [4.69, 9.17) is 9.47 Å². The van der Waals surface area contributed by atoms with Gasteiger partial charge in [-0.2, -0.15) is 0 Å². The summed E-state index contributed by atoms with van der Waals surface area (Å²) in [6.45, 7) is 3.85. The maximum atomic E-state index is 15.0. The van der Waals surface area contributed by atoms with Gasteiger partial charge in [0.1, 0.15) is 5.82 Å². The average Bonchev–Trinajstić information content (AvgIpc) is 2.99. The minimum Gasteiger partial charge on any atom is -0.493 e. The van der Waals surface area contributed by atoms with Crippen LogP contribution in [0.5, 0.6) is 11.5 Å². The Balaban J connectivity index is 1.20. The number of hydrogen-bond donors (Lipinski definition) is 1. The highest BCUT2D eigenvalue weighted by Crippen LogP contribution is 2.29. The van der Waals surface area contributed by atoms with E-state index in [2.05, 4.69) is 14.5 Å². The van der Waals surface area contributed by atoms with Gasteiger partial charge >= 0.3 is 0 Å². The smallest absolute Gasteiger partial charge is 0.261 e. The minimum atomic E-state index is -3.95. The Kier molecular flexibility index (Phi) is 8.23. The molecule has 0 spiro atoms. The van der Waals surface area contributed by atoms with Gasteiger partial charge in [0.25, 0.3) is 10.0 Å². The lowest BCUT2D eigenvalue weighted by atomic mass is 10.1. The van der Waals surface area contributed by atoms with Crippen molar-refractivity contribution in [3.8, 4) is 22.6 Å². The molecule has 1 N–H and O–H groups in total. The molecule has 1 aliphatic rings. The molecule has 1 heterocycles. The van der Waals surface area contributed by atoms with Crippen molar-refractivity contribution >= 4 is 21.4 Å². The fourth-order valence-electron chi connectivity index (χ4n) is 4.85. The number of rotatable bonds is 9. The molecule has 5 rings (SSSR count). The SMILES string of the molecule is COc1ccc(CN2CCN(c3ccc(NS(=O)(=O)c4ccc(-c5ccccc5)cc4)c(F)c3)CC2)cc1OC. The molecule has 40 heavy (non-hydrogen) atoms. The molecule has 0 amide bonds. The van der Waals surface area contributed by atoms with Crippen LogP contribution in [0.3, 0.4) is 0 Å². The number of nitrogens with one attached hydrogen (secondary N) is 1. The zero-order valence-electron chi connectivity index (χ0n) is 22.5.